The number of benzene rings is 1. The molecule has 82 valence electrons. The Morgan fingerprint density at radius 1 is 1.33 bits per heavy atom. The first kappa shape index (κ1) is 11.8. The summed E-state index contributed by atoms with van der Waals surface area (Å²) in [5.41, 5.74) is 1.29. The molecule has 0 N–H and O–H groups in total. The van der Waals surface area contributed by atoms with Crippen molar-refractivity contribution in [3.05, 3.63) is 42.5 Å². The zero-order valence-electron chi connectivity index (χ0n) is 9.86. The lowest BCUT2D eigenvalue weighted by atomic mass is 9.86. The van der Waals surface area contributed by atoms with Crippen molar-refractivity contribution in [2.45, 2.75) is 26.2 Å². The molecule has 1 aromatic rings. The van der Waals surface area contributed by atoms with Gasteiger partial charge in [-0.3, -0.25) is 0 Å². The van der Waals surface area contributed by atoms with Gasteiger partial charge in [0.15, 0.2) is 0 Å². The Bertz CT molecular complexity index is 317. The third kappa shape index (κ3) is 2.85. The highest BCUT2D eigenvalue weighted by Crippen LogP contribution is 2.32. The molecule has 1 heteroatoms. The van der Waals surface area contributed by atoms with Crippen molar-refractivity contribution in [3.63, 3.8) is 0 Å². The monoisotopic (exact) mass is 204 g/mol. The number of allylic oxidation sites excluding steroid dienone is 1. The van der Waals surface area contributed by atoms with E-state index < -0.39 is 0 Å². The molecular formula is C14H20O. The van der Waals surface area contributed by atoms with Gasteiger partial charge in [-0.2, -0.15) is 0 Å². The first-order chi connectivity index (χ1) is 7.20. The molecule has 0 aromatic heterocycles. The van der Waals surface area contributed by atoms with E-state index in [9.17, 15) is 0 Å². The van der Waals surface area contributed by atoms with Crippen molar-refractivity contribution in [1.29, 1.82) is 0 Å². The van der Waals surface area contributed by atoms with Crippen molar-refractivity contribution in [2.24, 2.45) is 5.92 Å². The van der Waals surface area contributed by atoms with Gasteiger partial charge in [0.1, 0.15) is 5.75 Å². The quantitative estimate of drug-likeness (QED) is 0.658. The minimum atomic E-state index is 0.499. The molecule has 0 radical (unpaired) electrons. The summed E-state index contributed by atoms with van der Waals surface area (Å²) in [5, 5.41) is 0. The number of methoxy groups -OCH3 is 1. The highest BCUT2D eigenvalue weighted by Gasteiger charge is 2.16. The van der Waals surface area contributed by atoms with Crippen molar-refractivity contribution in [1.82, 2.24) is 0 Å². The number of hydrogen-bond donors (Lipinski definition) is 0. The second-order valence-corrected chi connectivity index (χ2v) is 4.03. The van der Waals surface area contributed by atoms with Gasteiger partial charge in [-0.1, -0.05) is 38.1 Å². The standard InChI is InChI=1S/C14H20O/c1-5-8-11(2)12(3)13-9-6-7-10-14(13)15-4/h5-7,9-12H,1,8H2,2-4H3/t11-,12-/m0/s1. The fourth-order valence-electron chi connectivity index (χ4n) is 1.82. The maximum Gasteiger partial charge on any atom is 0.122 e. The number of rotatable bonds is 5. The molecule has 0 heterocycles. The van der Waals surface area contributed by atoms with Crippen LogP contribution in [0.25, 0.3) is 0 Å². The van der Waals surface area contributed by atoms with Crippen LogP contribution >= 0.6 is 0 Å². The van der Waals surface area contributed by atoms with Gasteiger partial charge in [0, 0.05) is 0 Å². The summed E-state index contributed by atoms with van der Waals surface area (Å²) in [6.45, 7) is 8.28. The molecule has 15 heavy (non-hydrogen) atoms. The van der Waals surface area contributed by atoms with Crippen LogP contribution in [0.15, 0.2) is 36.9 Å². The van der Waals surface area contributed by atoms with E-state index >= 15 is 0 Å². The van der Waals surface area contributed by atoms with E-state index in [0.717, 1.165) is 12.2 Å². The van der Waals surface area contributed by atoms with Gasteiger partial charge in [0.2, 0.25) is 0 Å². The largest absolute Gasteiger partial charge is 0.496 e. The SMILES string of the molecule is C=CC[C@H](C)[C@H](C)c1ccccc1OC. The second kappa shape index (κ2) is 5.59. The van der Waals surface area contributed by atoms with Crippen LogP contribution in [0.3, 0.4) is 0 Å². The Balaban J connectivity index is 2.89. The van der Waals surface area contributed by atoms with Crippen LogP contribution < -0.4 is 4.74 Å². The van der Waals surface area contributed by atoms with Crippen molar-refractivity contribution < 1.29 is 4.74 Å². The number of ether oxygens (including phenoxy) is 1. The second-order valence-electron chi connectivity index (χ2n) is 4.03. The summed E-state index contributed by atoms with van der Waals surface area (Å²) in [6, 6.07) is 8.23. The van der Waals surface area contributed by atoms with Crippen molar-refractivity contribution >= 4 is 0 Å². The molecule has 0 fully saturated rings. The molecule has 0 saturated carbocycles. The molecule has 0 spiro atoms. The van der Waals surface area contributed by atoms with Crippen LogP contribution in [0, 0.1) is 5.92 Å². The van der Waals surface area contributed by atoms with Crippen LogP contribution in [0.4, 0.5) is 0 Å². The summed E-state index contributed by atoms with van der Waals surface area (Å²) >= 11 is 0. The lowest BCUT2D eigenvalue weighted by Gasteiger charge is -2.21. The van der Waals surface area contributed by atoms with Gasteiger partial charge >= 0.3 is 0 Å². The molecule has 1 rings (SSSR count). The molecule has 0 aliphatic rings. The average Bonchev–Trinajstić information content (AvgIpc) is 2.28. The van der Waals surface area contributed by atoms with Crippen molar-refractivity contribution in [2.75, 3.05) is 7.11 Å². The molecule has 0 bridgehead atoms. The molecule has 0 unspecified atom stereocenters. The van der Waals surface area contributed by atoms with Gasteiger partial charge < -0.3 is 4.74 Å². The lowest BCUT2D eigenvalue weighted by Crippen LogP contribution is -2.06. The van der Waals surface area contributed by atoms with Crippen LogP contribution in [0.1, 0.15) is 31.7 Å². The molecule has 1 aromatic carbocycles. The van der Waals surface area contributed by atoms with Gasteiger partial charge in [0.25, 0.3) is 0 Å². The van der Waals surface area contributed by atoms with Gasteiger partial charge in [-0.15, -0.1) is 6.58 Å². The fraction of sp³-hybridized carbons (Fsp3) is 0.429. The Morgan fingerprint density at radius 2 is 2.00 bits per heavy atom. The molecule has 2 atom stereocenters. The summed E-state index contributed by atoms with van der Waals surface area (Å²) in [4.78, 5) is 0. The number of para-hydroxylation sites is 1. The predicted molar refractivity (Wildman–Crippen MR) is 65.4 cm³/mol. The van der Waals surface area contributed by atoms with Gasteiger partial charge in [-0.05, 0) is 29.9 Å². The number of hydrogen-bond acceptors (Lipinski definition) is 1. The summed E-state index contributed by atoms with van der Waals surface area (Å²) in [6.07, 6.45) is 3.02. The highest BCUT2D eigenvalue weighted by molar-refractivity contribution is 5.36. The minimum Gasteiger partial charge on any atom is -0.496 e. The van der Waals surface area contributed by atoms with Crippen molar-refractivity contribution in [3.8, 4) is 5.75 Å². The van der Waals surface area contributed by atoms with E-state index in [1.165, 1.54) is 5.56 Å². The third-order valence-corrected chi connectivity index (χ3v) is 3.02. The first-order valence-electron chi connectivity index (χ1n) is 5.44. The predicted octanol–water partition coefficient (Wildman–Crippen LogP) is 4.01. The molecule has 0 saturated heterocycles. The van der Waals surface area contributed by atoms with E-state index in [2.05, 4.69) is 32.6 Å². The fourth-order valence-corrected chi connectivity index (χ4v) is 1.82. The Labute approximate surface area is 92.8 Å². The zero-order valence-corrected chi connectivity index (χ0v) is 9.86. The maximum absolute atomic E-state index is 5.37. The van der Waals surface area contributed by atoms with E-state index in [1.54, 1.807) is 7.11 Å². The lowest BCUT2D eigenvalue weighted by molar-refractivity contribution is 0.395. The minimum absolute atomic E-state index is 0.499. The van der Waals surface area contributed by atoms with Gasteiger partial charge in [-0.25, -0.2) is 0 Å². The van der Waals surface area contributed by atoms with E-state index in [1.807, 2.05) is 18.2 Å². The van der Waals surface area contributed by atoms with Crippen LogP contribution in [-0.2, 0) is 0 Å². The molecule has 0 aliphatic carbocycles. The van der Waals surface area contributed by atoms with Crippen LogP contribution in [0.2, 0.25) is 0 Å². The van der Waals surface area contributed by atoms with Gasteiger partial charge in [0.05, 0.1) is 7.11 Å². The topological polar surface area (TPSA) is 9.23 Å². The summed E-state index contributed by atoms with van der Waals surface area (Å²) < 4.78 is 5.37. The Kier molecular flexibility index (Phi) is 4.41. The zero-order chi connectivity index (χ0) is 11.3. The van der Waals surface area contributed by atoms with E-state index in [4.69, 9.17) is 4.74 Å². The first-order valence-corrected chi connectivity index (χ1v) is 5.44. The van der Waals surface area contributed by atoms with Crippen LogP contribution in [0.5, 0.6) is 5.75 Å². The van der Waals surface area contributed by atoms with E-state index in [0.29, 0.717) is 11.8 Å². The Morgan fingerprint density at radius 3 is 2.60 bits per heavy atom. The molecule has 0 amide bonds. The average molecular weight is 204 g/mol. The Hall–Kier alpha value is -1.24. The third-order valence-electron chi connectivity index (χ3n) is 3.02. The molecular weight excluding hydrogens is 184 g/mol. The maximum atomic E-state index is 5.37. The summed E-state index contributed by atoms with van der Waals surface area (Å²) in [5.74, 6) is 2.08. The van der Waals surface area contributed by atoms with Crippen LogP contribution in [-0.4, -0.2) is 7.11 Å². The normalized spacial score (nSPS) is 14.3. The molecule has 0 aliphatic heterocycles. The summed E-state index contributed by atoms with van der Waals surface area (Å²) in [7, 11) is 1.73. The highest BCUT2D eigenvalue weighted by atomic mass is 16.5. The van der Waals surface area contributed by atoms with E-state index in [-0.39, 0.29) is 0 Å². The molecule has 1 nitrogen and oxygen atoms in total. The smallest absolute Gasteiger partial charge is 0.122 e.